The Hall–Kier alpha value is -2.28. The smallest absolute Gasteiger partial charge is 0.257 e. The Balaban J connectivity index is 1.69. The molecule has 0 saturated carbocycles. The van der Waals surface area contributed by atoms with Crippen LogP contribution in [0.2, 0.25) is 0 Å². The maximum absolute atomic E-state index is 12.8. The number of carbonyl (C=O) groups excluding carboxylic acids is 1. The number of hydrogen-bond acceptors (Lipinski definition) is 5. The second kappa shape index (κ2) is 8.40. The minimum Gasteiger partial charge on any atom is -0.338 e. The van der Waals surface area contributed by atoms with Crippen molar-refractivity contribution >= 4 is 5.91 Å². The van der Waals surface area contributed by atoms with E-state index in [1.807, 2.05) is 24.2 Å². The van der Waals surface area contributed by atoms with Gasteiger partial charge in [0, 0.05) is 63.3 Å². The molecule has 0 aliphatic carbocycles. The first-order chi connectivity index (χ1) is 12.6. The maximum Gasteiger partial charge on any atom is 0.257 e. The number of likely N-dealkylation sites (tertiary alicyclic amines) is 1. The van der Waals surface area contributed by atoms with Gasteiger partial charge in [-0.15, -0.1) is 0 Å². The zero-order valence-corrected chi connectivity index (χ0v) is 15.9. The van der Waals surface area contributed by atoms with Crippen LogP contribution in [0, 0.1) is 0 Å². The number of piperidine rings is 1. The van der Waals surface area contributed by atoms with Gasteiger partial charge in [0.2, 0.25) is 0 Å². The molecule has 0 N–H and O–H groups in total. The van der Waals surface area contributed by atoms with E-state index < -0.39 is 0 Å². The van der Waals surface area contributed by atoms with Gasteiger partial charge >= 0.3 is 0 Å². The molecule has 1 saturated heterocycles. The fourth-order valence-electron chi connectivity index (χ4n) is 3.38. The largest absolute Gasteiger partial charge is 0.338 e. The van der Waals surface area contributed by atoms with Crippen LogP contribution in [0.15, 0.2) is 24.8 Å². The van der Waals surface area contributed by atoms with E-state index in [1.165, 1.54) is 0 Å². The molecule has 1 fully saturated rings. The van der Waals surface area contributed by atoms with Crippen molar-refractivity contribution in [2.75, 3.05) is 33.7 Å². The van der Waals surface area contributed by atoms with Crippen molar-refractivity contribution in [1.29, 1.82) is 0 Å². The van der Waals surface area contributed by atoms with Gasteiger partial charge in [0.1, 0.15) is 11.6 Å². The van der Waals surface area contributed by atoms with Gasteiger partial charge in [-0.25, -0.2) is 15.0 Å². The van der Waals surface area contributed by atoms with Crippen molar-refractivity contribution in [1.82, 2.24) is 29.3 Å². The molecular weight excluding hydrogens is 328 g/mol. The lowest BCUT2D eigenvalue weighted by Gasteiger charge is -2.32. The Bertz CT molecular complexity index is 724. The summed E-state index contributed by atoms with van der Waals surface area (Å²) in [5.74, 6) is 2.15. The number of rotatable bonds is 6. The van der Waals surface area contributed by atoms with Crippen LogP contribution >= 0.6 is 0 Å². The Morgan fingerprint density at radius 3 is 2.73 bits per heavy atom. The SMILES string of the molecule is CCc1ncc(C(=O)N2CCC[C@H](c3nccn3CCN(C)C)C2)cn1. The highest BCUT2D eigenvalue weighted by atomic mass is 16.2. The first-order valence-corrected chi connectivity index (χ1v) is 9.34. The Labute approximate surface area is 155 Å². The van der Waals surface area contributed by atoms with E-state index >= 15 is 0 Å². The second-order valence-electron chi connectivity index (χ2n) is 7.11. The molecule has 1 aliphatic heterocycles. The van der Waals surface area contributed by atoms with E-state index in [2.05, 4.69) is 38.5 Å². The van der Waals surface area contributed by atoms with E-state index in [1.54, 1.807) is 12.4 Å². The summed E-state index contributed by atoms with van der Waals surface area (Å²) in [5.41, 5.74) is 0.568. The summed E-state index contributed by atoms with van der Waals surface area (Å²) >= 11 is 0. The van der Waals surface area contributed by atoms with Crippen molar-refractivity contribution in [3.05, 3.63) is 42.0 Å². The van der Waals surface area contributed by atoms with E-state index in [0.717, 1.165) is 50.5 Å². The van der Waals surface area contributed by atoms with Gasteiger partial charge in [0.15, 0.2) is 0 Å². The van der Waals surface area contributed by atoms with Crippen molar-refractivity contribution in [2.24, 2.45) is 0 Å². The normalized spacial score (nSPS) is 17.7. The lowest BCUT2D eigenvalue weighted by atomic mass is 9.96. The van der Waals surface area contributed by atoms with Gasteiger partial charge in [-0.05, 0) is 26.9 Å². The van der Waals surface area contributed by atoms with Crippen LogP contribution in [0.4, 0.5) is 0 Å². The third kappa shape index (κ3) is 4.27. The molecule has 2 aromatic heterocycles. The molecule has 0 radical (unpaired) electrons. The molecule has 0 bridgehead atoms. The lowest BCUT2D eigenvalue weighted by molar-refractivity contribution is 0.0702. The van der Waals surface area contributed by atoms with Crippen LogP contribution in [0.5, 0.6) is 0 Å². The number of imidazole rings is 1. The third-order valence-electron chi connectivity index (χ3n) is 4.88. The molecule has 7 heteroatoms. The van der Waals surface area contributed by atoms with E-state index in [0.29, 0.717) is 12.1 Å². The van der Waals surface area contributed by atoms with E-state index in [9.17, 15) is 4.79 Å². The fraction of sp³-hybridized carbons (Fsp3) is 0.579. The highest BCUT2D eigenvalue weighted by Gasteiger charge is 2.28. The number of carbonyl (C=O) groups is 1. The molecule has 0 spiro atoms. The highest BCUT2D eigenvalue weighted by molar-refractivity contribution is 5.93. The zero-order chi connectivity index (χ0) is 18.5. The Morgan fingerprint density at radius 2 is 2.04 bits per heavy atom. The van der Waals surface area contributed by atoms with E-state index in [-0.39, 0.29) is 11.8 Å². The molecule has 7 nitrogen and oxygen atoms in total. The Morgan fingerprint density at radius 1 is 1.27 bits per heavy atom. The first kappa shape index (κ1) is 18.5. The number of hydrogen-bond donors (Lipinski definition) is 0. The number of likely N-dealkylation sites (N-methyl/N-ethyl adjacent to an activating group) is 1. The zero-order valence-electron chi connectivity index (χ0n) is 15.9. The minimum absolute atomic E-state index is 0.0174. The molecule has 1 aliphatic rings. The van der Waals surface area contributed by atoms with E-state index in [4.69, 9.17) is 0 Å². The molecule has 3 heterocycles. The number of amides is 1. The summed E-state index contributed by atoms with van der Waals surface area (Å²) in [6.07, 6.45) is 10.0. The molecule has 140 valence electrons. The molecular formula is C19H28N6O. The van der Waals surface area contributed by atoms with Crippen molar-refractivity contribution in [2.45, 2.75) is 38.6 Å². The maximum atomic E-state index is 12.8. The highest BCUT2D eigenvalue weighted by Crippen LogP contribution is 2.26. The molecule has 0 unspecified atom stereocenters. The lowest BCUT2D eigenvalue weighted by Crippen LogP contribution is -2.40. The quantitative estimate of drug-likeness (QED) is 0.790. The molecule has 3 rings (SSSR count). The van der Waals surface area contributed by atoms with Crippen LogP contribution in [0.25, 0.3) is 0 Å². The van der Waals surface area contributed by atoms with Gasteiger partial charge < -0.3 is 14.4 Å². The predicted molar refractivity (Wildman–Crippen MR) is 100 cm³/mol. The summed E-state index contributed by atoms with van der Waals surface area (Å²) in [4.78, 5) is 30.0. The topological polar surface area (TPSA) is 67.2 Å². The summed E-state index contributed by atoms with van der Waals surface area (Å²) in [6.45, 7) is 5.38. The fourth-order valence-corrected chi connectivity index (χ4v) is 3.38. The van der Waals surface area contributed by atoms with Crippen LogP contribution in [0.3, 0.4) is 0 Å². The standard InChI is InChI=1S/C19H28N6O/c1-4-17-21-12-16(13-22-17)19(26)25-8-5-6-15(14-25)18-20-7-9-24(18)11-10-23(2)3/h7,9,12-13,15H,4-6,8,10-11,14H2,1-3H3/t15-/m0/s1. The average Bonchev–Trinajstić information content (AvgIpc) is 3.14. The summed E-state index contributed by atoms with van der Waals surface area (Å²) in [6, 6.07) is 0. The minimum atomic E-state index is 0.0174. The molecule has 1 amide bonds. The molecule has 26 heavy (non-hydrogen) atoms. The Kier molecular flexibility index (Phi) is 5.98. The summed E-state index contributed by atoms with van der Waals surface area (Å²) < 4.78 is 2.22. The number of nitrogens with zero attached hydrogens (tertiary/aromatic N) is 6. The second-order valence-corrected chi connectivity index (χ2v) is 7.11. The predicted octanol–water partition coefficient (Wildman–Crippen LogP) is 1.82. The van der Waals surface area contributed by atoms with Gasteiger partial charge in [0.25, 0.3) is 5.91 Å². The van der Waals surface area contributed by atoms with Crippen LogP contribution in [0.1, 0.15) is 47.7 Å². The summed E-state index contributed by atoms with van der Waals surface area (Å²) in [7, 11) is 4.15. The van der Waals surface area contributed by atoms with Gasteiger partial charge in [-0.3, -0.25) is 4.79 Å². The van der Waals surface area contributed by atoms with Gasteiger partial charge in [-0.2, -0.15) is 0 Å². The molecule has 2 aromatic rings. The van der Waals surface area contributed by atoms with Gasteiger partial charge in [-0.1, -0.05) is 6.92 Å². The third-order valence-corrected chi connectivity index (χ3v) is 4.88. The summed E-state index contributed by atoms with van der Waals surface area (Å²) in [5, 5.41) is 0. The van der Waals surface area contributed by atoms with Gasteiger partial charge in [0.05, 0.1) is 5.56 Å². The number of aryl methyl sites for hydroxylation is 1. The number of aromatic nitrogens is 4. The van der Waals surface area contributed by atoms with Crippen LogP contribution in [-0.4, -0.2) is 69.0 Å². The molecule has 0 aromatic carbocycles. The van der Waals surface area contributed by atoms with Crippen LogP contribution < -0.4 is 0 Å². The van der Waals surface area contributed by atoms with Crippen molar-refractivity contribution in [3.8, 4) is 0 Å². The average molecular weight is 356 g/mol. The molecule has 1 atom stereocenters. The van der Waals surface area contributed by atoms with Crippen molar-refractivity contribution in [3.63, 3.8) is 0 Å². The monoisotopic (exact) mass is 356 g/mol. The van der Waals surface area contributed by atoms with Crippen molar-refractivity contribution < 1.29 is 4.79 Å². The first-order valence-electron chi connectivity index (χ1n) is 9.34. The van der Waals surface area contributed by atoms with Crippen LogP contribution in [-0.2, 0) is 13.0 Å².